The largest absolute Gasteiger partial charge is 0.476 e. The maximum Gasteiger partial charge on any atom is 0.226 e. The molecule has 0 bridgehead atoms. The molecule has 2 rings (SSSR count). The Balaban J connectivity index is 2.29. The third-order valence-corrected chi connectivity index (χ3v) is 2.57. The lowest BCUT2D eigenvalue weighted by molar-refractivity contribution is 0.256. The zero-order chi connectivity index (χ0) is 13.0. The van der Waals surface area contributed by atoms with Crippen LogP contribution in [-0.2, 0) is 0 Å². The van der Waals surface area contributed by atoms with Crippen LogP contribution in [0.3, 0.4) is 0 Å². The summed E-state index contributed by atoms with van der Waals surface area (Å²) in [5.74, 6) is 1.21. The van der Waals surface area contributed by atoms with Gasteiger partial charge in [0.25, 0.3) is 0 Å². The van der Waals surface area contributed by atoms with Gasteiger partial charge in [-0.25, -0.2) is 4.98 Å². The number of benzene rings is 1. The first-order valence-electron chi connectivity index (χ1n) is 5.93. The second-order valence-corrected chi connectivity index (χ2v) is 4.27. The number of anilines is 1. The number of fused-ring (bicyclic) bond motifs is 1. The minimum Gasteiger partial charge on any atom is -0.476 e. The van der Waals surface area contributed by atoms with E-state index in [9.17, 15) is 0 Å². The summed E-state index contributed by atoms with van der Waals surface area (Å²) < 4.78 is 5.74. The fourth-order valence-corrected chi connectivity index (χ4v) is 1.59. The summed E-state index contributed by atoms with van der Waals surface area (Å²) in [6, 6.07) is 7.85. The van der Waals surface area contributed by atoms with Crippen molar-refractivity contribution in [3.8, 4) is 5.88 Å². The van der Waals surface area contributed by atoms with Gasteiger partial charge < -0.3 is 15.0 Å². The van der Waals surface area contributed by atoms with Gasteiger partial charge in [-0.05, 0) is 26.2 Å². The third-order valence-electron chi connectivity index (χ3n) is 2.57. The number of hydrogen-bond acceptors (Lipinski definition) is 5. The van der Waals surface area contributed by atoms with Crippen molar-refractivity contribution in [1.29, 1.82) is 0 Å². The van der Waals surface area contributed by atoms with Crippen LogP contribution < -0.4 is 10.1 Å². The van der Waals surface area contributed by atoms with E-state index >= 15 is 0 Å². The summed E-state index contributed by atoms with van der Waals surface area (Å²) >= 11 is 0. The van der Waals surface area contributed by atoms with Crippen LogP contribution in [-0.4, -0.2) is 49.2 Å². The maximum absolute atomic E-state index is 5.74. The zero-order valence-electron chi connectivity index (χ0n) is 11.0. The Morgan fingerprint density at radius 3 is 2.72 bits per heavy atom. The van der Waals surface area contributed by atoms with E-state index in [4.69, 9.17) is 4.74 Å². The van der Waals surface area contributed by atoms with Crippen LogP contribution in [0.25, 0.3) is 10.9 Å². The summed E-state index contributed by atoms with van der Waals surface area (Å²) in [6.07, 6.45) is 0. The summed E-state index contributed by atoms with van der Waals surface area (Å²) in [6.45, 7) is 1.46. The maximum atomic E-state index is 5.74. The highest BCUT2D eigenvalue weighted by Crippen LogP contribution is 2.23. The Bertz CT molecular complexity index is 527. The molecule has 0 aliphatic carbocycles. The quantitative estimate of drug-likeness (QED) is 0.868. The SMILES string of the molecule is CNc1nc(OCCN(C)C)c2ccccc2n1. The molecule has 1 aromatic heterocycles. The Kier molecular flexibility index (Phi) is 3.94. The molecule has 1 aromatic carbocycles. The third kappa shape index (κ3) is 2.87. The second-order valence-electron chi connectivity index (χ2n) is 4.27. The molecule has 0 saturated heterocycles. The van der Waals surface area contributed by atoms with Crippen LogP contribution in [0.1, 0.15) is 0 Å². The number of nitrogens with one attached hydrogen (secondary N) is 1. The van der Waals surface area contributed by atoms with Gasteiger partial charge in [0.1, 0.15) is 6.61 Å². The van der Waals surface area contributed by atoms with E-state index in [0.717, 1.165) is 17.4 Å². The van der Waals surface area contributed by atoms with Crippen molar-refractivity contribution in [2.45, 2.75) is 0 Å². The topological polar surface area (TPSA) is 50.3 Å². The van der Waals surface area contributed by atoms with Gasteiger partial charge in [-0.1, -0.05) is 12.1 Å². The molecule has 0 spiro atoms. The van der Waals surface area contributed by atoms with Gasteiger partial charge in [0.15, 0.2) is 0 Å². The fraction of sp³-hybridized carbons (Fsp3) is 0.385. The van der Waals surface area contributed by atoms with Gasteiger partial charge in [0.2, 0.25) is 11.8 Å². The van der Waals surface area contributed by atoms with Gasteiger partial charge in [-0.3, -0.25) is 0 Å². The molecule has 0 aliphatic heterocycles. The lowest BCUT2D eigenvalue weighted by Crippen LogP contribution is -2.20. The molecule has 18 heavy (non-hydrogen) atoms. The molecule has 1 N–H and O–H groups in total. The Morgan fingerprint density at radius 2 is 2.00 bits per heavy atom. The molecule has 2 aromatic rings. The van der Waals surface area contributed by atoms with Crippen LogP contribution in [0, 0.1) is 0 Å². The zero-order valence-corrected chi connectivity index (χ0v) is 11.0. The normalized spacial score (nSPS) is 10.9. The predicted octanol–water partition coefficient (Wildman–Crippen LogP) is 1.61. The number of aromatic nitrogens is 2. The molecular formula is C13H18N4O. The van der Waals surface area contributed by atoms with Gasteiger partial charge in [0.05, 0.1) is 10.9 Å². The minimum absolute atomic E-state index is 0.577. The molecule has 5 nitrogen and oxygen atoms in total. The van der Waals surface area contributed by atoms with Gasteiger partial charge in [-0.2, -0.15) is 4.98 Å². The Labute approximate surface area is 107 Å². The smallest absolute Gasteiger partial charge is 0.226 e. The van der Waals surface area contributed by atoms with Crippen LogP contribution >= 0.6 is 0 Å². The molecule has 0 saturated carbocycles. The van der Waals surface area contributed by atoms with E-state index in [2.05, 4.69) is 20.2 Å². The summed E-state index contributed by atoms with van der Waals surface area (Å²) in [7, 11) is 5.83. The molecule has 5 heteroatoms. The first kappa shape index (κ1) is 12.6. The average molecular weight is 246 g/mol. The molecule has 0 radical (unpaired) electrons. The van der Waals surface area contributed by atoms with Crippen molar-refractivity contribution in [1.82, 2.24) is 14.9 Å². The molecular weight excluding hydrogens is 228 g/mol. The van der Waals surface area contributed by atoms with Crippen molar-refractivity contribution in [3.63, 3.8) is 0 Å². The van der Waals surface area contributed by atoms with E-state index in [0.29, 0.717) is 18.4 Å². The number of para-hydroxylation sites is 1. The van der Waals surface area contributed by atoms with Crippen LogP contribution in [0.4, 0.5) is 5.95 Å². The van der Waals surface area contributed by atoms with Crippen molar-refractivity contribution in [2.24, 2.45) is 0 Å². The van der Waals surface area contributed by atoms with E-state index in [1.54, 1.807) is 7.05 Å². The molecule has 0 aliphatic rings. The minimum atomic E-state index is 0.577. The lowest BCUT2D eigenvalue weighted by atomic mass is 10.2. The van der Waals surface area contributed by atoms with Gasteiger partial charge in [-0.15, -0.1) is 0 Å². The number of hydrogen-bond donors (Lipinski definition) is 1. The van der Waals surface area contributed by atoms with Gasteiger partial charge in [0, 0.05) is 13.6 Å². The molecule has 96 valence electrons. The summed E-state index contributed by atoms with van der Waals surface area (Å²) in [5, 5.41) is 3.89. The summed E-state index contributed by atoms with van der Waals surface area (Å²) in [4.78, 5) is 10.8. The highest BCUT2D eigenvalue weighted by molar-refractivity contribution is 5.84. The first-order valence-corrected chi connectivity index (χ1v) is 5.93. The van der Waals surface area contributed by atoms with E-state index in [-0.39, 0.29) is 0 Å². The lowest BCUT2D eigenvalue weighted by Gasteiger charge is -2.12. The average Bonchev–Trinajstić information content (AvgIpc) is 2.38. The number of ether oxygens (including phenoxy) is 1. The molecule has 0 unspecified atom stereocenters. The van der Waals surface area contributed by atoms with E-state index < -0.39 is 0 Å². The van der Waals surface area contributed by atoms with Crippen LogP contribution in [0.2, 0.25) is 0 Å². The standard InChI is InChI=1S/C13H18N4O/c1-14-13-15-11-7-5-4-6-10(11)12(16-13)18-9-8-17(2)3/h4-7H,8-9H2,1-3H3,(H,14,15,16). The molecule has 0 amide bonds. The predicted molar refractivity (Wildman–Crippen MR) is 73.1 cm³/mol. The molecule has 1 heterocycles. The van der Waals surface area contributed by atoms with Crippen LogP contribution in [0.5, 0.6) is 5.88 Å². The van der Waals surface area contributed by atoms with Crippen molar-refractivity contribution in [2.75, 3.05) is 39.6 Å². The van der Waals surface area contributed by atoms with Crippen molar-refractivity contribution >= 4 is 16.9 Å². The van der Waals surface area contributed by atoms with Crippen molar-refractivity contribution in [3.05, 3.63) is 24.3 Å². The van der Waals surface area contributed by atoms with E-state index in [1.165, 1.54) is 0 Å². The number of rotatable bonds is 5. The van der Waals surface area contributed by atoms with E-state index in [1.807, 2.05) is 38.4 Å². The highest BCUT2D eigenvalue weighted by atomic mass is 16.5. The summed E-state index contributed by atoms with van der Waals surface area (Å²) in [5.41, 5.74) is 0.886. The van der Waals surface area contributed by atoms with Crippen LogP contribution in [0.15, 0.2) is 24.3 Å². The second kappa shape index (κ2) is 5.64. The fourth-order valence-electron chi connectivity index (χ4n) is 1.59. The van der Waals surface area contributed by atoms with Gasteiger partial charge >= 0.3 is 0 Å². The Morgan fingerprint density at radius 1 is 1.22 bits per heavy atom. The number of likely N-dealkylation sites (N-methyl/N-ethyl adjacent to an activating group) is 1. The highest BCUT2D eigenvalue weighted by Gasteiger charge is 2.07. The monoisotopic (exact) mass is 246 g/mol. The Hall–Kier alpha value is -1.88. The first-order chi connectivity index (χ1) is 8.70. The van der Waals surface area contributed by atoms with Crippen molar-refractivity contribution < 1.29 is 4.74 Å². The molecule has 0 fully saturated rings. The molecule has 0 atom stereocenters. The number of nitrogens with zero attached hydrogens (tertiary/aromatic N) is 3.